The Kier molecular flexibility index (Phi) is 5.29. The van der Waals surface area contributed by atoms with Crippen LogP contribution in [-0.4, -0.2) is 53.5 Å². The minimum absolute atomic E-state index is 0.000240. The lowest BCUT2D eigenvalue weighted by atomic mass is 10.1. The summed E-state index contributed by atoms with van der Waals surface area (Å²) in [6, 6.07) is 7.69. The first-order chi connectivity index (χ1) is 9.70. The van der Waals surface area contributed by atoms with Crippen molar-refractivity contribution >= 4 is 12.0 Å². The molecule has 1 atom stereocenters. The van der Waals surface area contributed by atoms with Crippen LogP contribution in [-0.2, 0) is 16.1 Å². The number of benzene rings is 1. The van der Waals surface area contributed by atoms with Crippen LogP contribution in [0.5, 0.6) is 0 Å². The minimum Gasteiger partial charge on any atom is -0.478 e. The SMILES string of the molecule is O=C(O)/C=C/c1ccccc1CN1CCOCC1CO. The molecule has 5 nitrogen and oxygen atoms in total. The molecule has 0 radical (unpaired) electrons. The highest BCUT2D eigenvalue weighted by molar-refractivity contribution is 5.85. The highest BCUT2D eigenvalue weighted by atomic mass is 16.5. The molecule has 0 aliphatic carbocycles. The third-order valence-electron chi connectivity index (χ3n) is 3.39. The van der Waals surface area contributed by atoms with Crippen molar-refractivity contribution < 1.29 is 19.7 Å². The van der Waals surface area contributed by atoms with Gasteiger partial charge >= 0.3 is 5.97 Å². The number of morpholine rings is 1. The van der Waals surface area contributed by atoms with Crippen molar-refractivity contribution in [2.45, 2.75) is 12.6 Å². The van der Waals surface area contributed by atoms with E-state index in [1.54, 1.807) is 6.08 Å². The quantitative estimate of drug-likeness (QED) is 0.785. The lowest BCUT2D eigenvalue weighted by Crippen LogP contribution is -2.46. The van der Waals surface area contributed by atoms with Gasteiger partial charge in [0.25, 0.3) is 0 Å². The van der Waals surface area contributed by atoms with Crippen LogP contribution in [0.3, 0.4) is 0 Å². The number of aliphatic carboxylic acids is 1. The average molecular weight is 277 g/mol. The summed E-state index contributed by atoms with van der Waals surface area (Å²) in [7, 11) is 0. The van der Waals surface area contributed by atoms with E-state index in [-0.39, 0.29) is 12.6 Å². The number of rotatable bonds is 5. The first-order valence-corrected chi connectivity index (χ1v) is 6.62. The van der Waals surface area contributed by atoms with E-state index in [0.717, 1.165) is 23.7 Å². The maximum Gasteiger partial charge on any atom is 0.328 e. The van der Waals surface area contributed by atoms with Gasteiger partial charge in [-0.05, 0) is 17.2 Å². The van der Waals surface area contributed by atoms with E-state index in [9.17, 15) is 9.90 Å². The summed E-state index contributed by atoms with van der Waals surface area (Å²) in [5.74, 6) is -0.959. The fourth-order valence-electron chi connectivity index (χ4n) is 2.29. The van der Waals surface area contributed by atoms with Gasteiger partial charge in [0.2, 0.25) is 0 Å². The summed E-state index contributed by atoms with van der Waals surface area (Å²) in [5, 5.41) is 18.1. The van der Waals surface area contributed by atoms with Gasteiger partial charge in [-0.2, -0.15) is 0 Å². The number of ether oxygens (including phenoxy) is 1. The Bertz CT molecular complexity index is 487. The molecule has 20 heavy (non-hydrogen) atoms. The second kappa shape index (κ2) is 7.19. The van der Waals surface area contributed by atoms with Gasteiger partial charge in [-0.25, -0.2) is 4.79 Å². The fourth-order valence-corrected chi connectivity index (χ4v) is 2.29. The van der Waals surface area contributed by atoms with Crippen molar-refractivity contribution in [2.75, 3.05) is 26.4 Å². The number of hydrogen-bond acceptors (Lipinski definition) is 4. The lowest BCUT2D eigenvalue weighted by molar-refractivity contribution is -0.131. The highest BCUT2D eigenvalue weighted by Crippen LogP contribution is 2.17. The summed E-state index contributed by atoms with van der Waals surface area (Å²) in [6.07, 6.45) is 2.74. The predicted octanol–water partition coefficient (Wildman–Crippen LogP) is 0.978. The maximum absolute atomic E-state index is 10.6. The first-order valence-electron chi connectivity index (χ1n) is 6.62. The molecule has 2 rings (SSSR count). The van der Waals surface area contributed by atoms with Gasteiger partial charge in [-0.3, -0.25) is 4.90 Å². The number of hydrogen-bond donors (Lipinski definition) is 2. The molecule has 0 bridgehead atoms. The molecule has 1 aliphatic rings. The zero-order valence-electron chi connectivity index (χ0n) is 11.2. The Hall–Kier alpha value is -1.69. The molecule has 1 aromatic rings. The van der Waals surface area contributed by atoms with E-state index in [4.69, 9.17) is 9.84 Å². The zero-order valence-corrected chi connectivity index (χ0v) is 11.2. The van der Waals surface area contributed by atoms with E-state index in [2.05, 4.69) is 4.90 Å². The molecular formula is C15H19NO4. The van der Waals surface area contributed by atoms with Crippen LogP contribution in [0.1, 0.15) is 11.1 Å². The summed E-state index contributed by atoms with van der Waals surface area (Å²) in [6.45, 7) is 2.69. The van der Waals surface area contributed by atoms with Crippen LogP contribution in [0.15, 0.2) is 30.3 Å². The van der Waals surface area contributed by atoms with Crippen molar-refractivity contribution in [3.05, 3.63) is 41.5 Å². The summed E-state index contributed by atoms with van der Waals surface area (Å²) in [4.78, 5) is 12.8. The molecule has 1 heterocycles. The molecule has 5 heteroatoms. The second-order valence-corrected chi connectivity index (χ2v) is 4.75. The van der Waals surface area contributed by atoms with Crippen LogP contribution in [0.25, 0.3) is 6.08 Å². The summed E-state index contributed by atoms with van der Waals surface area (Å²) >= 11 is 0. The van der Waals surface area contributed by atoms with Gasteiger partial charge in [-0.15, -0.1) is 0 Å². The topological polar surface area (TPSA) is 70.0 Å². The van der Waals surface area contributed by atoms with Gasteiger partial charge < -0.3 is 14.9 Å². The smallest absolute Gasteiger partial charge is 0.328 e. The van der Waals surface area contributed by atoms with Gasteiger partial charge in [-0.1, -0.05) is 24.3 Å². The lowest BCUT2D eigenvalue weighted by Gasteiger charge is -2.34. The molecule has 108 valence electrons. The van der Waals surface area contributed by atoms with Crippen molar-refractivity contribution in [3.63, 3.8) is 0 Å². The van der Waals surface area contributed by atoms with Gasteiger partial charge in [0.1, 0.15) is 0 Å². The van der Waals surface area contributed by atoms with Crippen LogP contribution in [0.4, 0.5) is 0 Å². The minimum atomic E-state index is -0.959. The van der Waals surface area contributed by atoms with Crippen molar-refractivity contribution in [2.24, 2.45) is 0 Å². The number of carboxylic acids is 1. The molecule has 1 saturated heterocycles. The van der Waals surface area contributed by atoms with Crippen molar-refractivity contribution in [1.82, 2.24) is 4.90 Å². The molecule has 0 aromatic heterocycles. The van der Waals surface area contributed by atoms with Crippen LogP contribution >= 0.6 is 0 Å². The third kappa shape index (κ3) is 3.90. The van der Waals surface area contributed by atoms with Crippen molar-refractivity contribution in [1.29, 1.82) is 0 Å². The standard InChI is InChI=1S/C15H19NO4/c17-10-14-11-20-8-7-16(14)9-13-4-2-1-3-12(13)5-6-15(18)19/h1-6,14,17H,7-11H2,(H,18,19)/b6-5+. The molecule has 0 saturated carbocycles. The summed E-state index contributed by atoms with van der Waals surface area (Å²) < 4.78 is 5.36. The van der Waals surface area contributed by atoms with Crippen molar-refractivity contribution in [3.8, 4) is 0 Å². The van der Waals surface area contributed by atoms with Gasteiger partial charge in [0, 0.05) is 19.2 Å². The Balaban J connectivity index is 2.13. The monoisotopic (exact) mass is 277 g/mol. The van der Waals surface area contributed by atoms with E-state index in [1.165, 1.54) is 0 Å². The predicted molar refractivity (Wildman–Crippen MR) is 75.2 cm³/mol. The molecule has 2 N–H and O–H groups in total. The Morgan fingerprint density at radius 1 is 1.45 bits per heavy atom. The fraction of sp³-hybridized carbons (Fsp3) is 0.400. The largest absolute Gasteiger partial charge is 0.478 e. The molecule has 1 fully saturated rings. The average Bonchev–Trinajstić information content (AvgIpc) is 2.47. The van der Waals surface area contributed by atoms with E-state index in [0.29, 0.717) is 19.8 Å². The van der Waals surface area contributed by atoms with Gasteiger partial charge in [0.05, 0.1) is 25.9 Å². The molecule has 0 amide bonds. The Labute approximate surface area is 118 Å². The molecule has 1 aliphatic heterocycles. The Morgan fingerprint density at radius 2 is 2.25 bits per heavy atom. The maximum atomic E-state index is 10.6. The van der Waals surface area contributed by atoms with Crippen LogP contribution in [0.2, 0.25) is 0 Å². The van der Waals surface area contributed by atoms with Gasteiger partial charge in [0.15, 0.2) is 0 Å². The normalized spacial score (nSPS) is 20.4. The first kappa shape index (κ1) is 14.7. The number of carboxylic acid groups (broad SMARTS) is 1. The Morgan fingerprint density at radius 3 is 3.00 bits per heavy atom. The molecular weight excluding hydrogens is 258 g/mol. The number of nitrogens with zero attached hydrogens (tertiary/aromatic N) is 1. The molecule has 1 unspecified atom stereocenters. The van der Waals surface area contributed by atoms with E-state index in [1.807, 2.05) is 24.3 Å². The number of aliphatic hydroxyl groups is 1. The second-order valence-electron chi connectivity index (χ2n) is 4.75. The summed E-state index contributed by atoms with van der Waals surface area (Å²) in [5.41, 5.74) is 1.93. The zero-order chi connectivity index (χ0) is 14.4. The number of carbonyl (C=O) groups is 1. The van der Waals surface area contributed by atoms with E-state index >= 15 is 0 Å². The molecule has 1 aromatic carbocycles. The third-order valence-corrected chi connectivity index (χ3v) is 3.39. The van der Waals surface area contributed by atoms with Crippen LogP contribution < -0.4 is 0 Å². The van der Waals surface area contributed by atoms with E-state index < -0.39 is 5.97 Å². The molecule has 0 spiro atoms. The number of aliphatic hydroxyl groups excluding tert-OH is 1. The highest BCUT2D eigenvalue weighted by Gasteiger charge is 2.22. The van der Waals surface area contributed by atoms with Crippen LogP contribution in [0, 0.1) is 0 Å².